The molecule has 1 aromatic carbocycles. The number of rotatable bonds is 4. The largest absolute Gasteiger partial charge is 0.489 e. The van der Waals surface area contributed by atoms with Gasteiger partial charge in [0.2, 0.25) is 0 Å². The first kappa shape index (κ1) is 11.4. The molecular weight excluding hydrogens is 270 g/mol. The molecule has 84 valence electrons. The van der Waals surface area contributed by atoms with Crippen LogP contribution in [0.4, 0.5) is 0 Å². The van der Waals surface area contributed by atoms with E-state index in [1.54, 1.807) is 13.3 Å². The minimum Gasteiger partial charge on any atom is -0.489 e. The first-order valence-electron chi connectivity index (χ1n) is 4.97. The second-order valence-corrected chi connectivity index (χ2v) is 4.24. The van der Waals surface area contributed by atoms with Gasteiger partial charge < -0.3 is 9.47 Å². The number of pyridine rings is 1. The predicted octanol–water partition coefficient (Wildman–Crippen LogP) is 3.02. The van der Waals surface area contributed by atoms with Gasteiger partial charge in [-0.1, -0.05) is 12.1 Å². The van der Waals surface area contributed by atoms with E-state index in [0.717, 1.165) is 21.1 Å². The number of nitrogens with zero attached hydrogens (tertiary/aromatic N) is 1. The summed E-state index contributed by atoms with van der Waals surface area (Å²) < 4.78 is 11.5. The summed E-state index contributed by atoms with van der Waals surface area (Å²) in [5, 5.41) is 1.06. The van der Waals surface area contributed by atoms with E-state index in [1.165, 1.54) is 0 Å². The maximum Gasteiger partial charge on any atom is 0.145 e. The normalized spacial score (nSPS) is 10.6. The Hall–Kier alpha value is -1.13. The number of hydrogen-bond acceptors (Lipinski definition) is 3. The quantitative estimate of drug-likeness (QED) is 0.808. The minimum absolute atomic E-state index is 0.535. The van der Waals surface area contributed by atoms with Crippen LogP contribution in [0.5, 0.6) is 5.75 Å². The third-order valence-corrected chi connectivity index (χ3v) is 2.62. The molecule has 0 N–H and O–H groups in total. The molecule has 0 saturated carbocycles. The molecule has 0 aliphatic rings. The van der Waals surface area contributed by atoms with Crippen LogP contribution in [0.25, 0.3) is 10.9 Å². The number of fused-ring (bicyclic) bond motifs is 1. The molecule has 0 atom stereocenters. The zero-order chi connectivity index (χ0) is 11.4. The highest BCUT2D eigenvalue weighted by Crippen LogP contribution is 2.25. The van der Waals surface area contributed by atoms with E-state index in [2.05, 4.69) is 20.9 Å². The zero-order valence-corrected chi connectivity index (χ0v) is 10.5. The van der Waals surface area contributed by atoms with Crippen LogP contribution in [0, 0.1) is 0 Å². The molecule has 4 heteroatoms. The van der Waals surface area contributed by atoms with Crippen LogP contribution < -0.4 is 4.74 Å². The van der Waals surface area contributed by atoms with Gasteiger partial charge in [0.1, 0.15) is 17.9 Å². The molecule has 3 nitrogen and oxygen atoms in total. The Kier molecular flexibility index (Phi) is 3.74. The Morgan fingerprint density at radius 3 is 3.00 bits per heavy atom. The predicted molar refractivity (Wildman–Crippen MR) is 66.8 cm³/mol. The Bertz CT molecular complexity index is 487. The summed E-state index contributed by atoms with van der Waals surface area (Å²) in [4.78, 5) is 4.35. The molecule has 0 amide bonds. The summed E-state index contributed by atoms with van der Waals surface area (Å²) in [7, 11) is 1.65. The second-order valence-electron chi connectivity index (χ2n) is 3.32. The number of methoxy groups -OCH3 is 1. The summed E-state index contributed by atoms with van der Waals surface area (Å²) >= 11 is 3.40. The maximum atomic E-state index is 5.60. The molecule has 2 rings (SSSR count). The third kappa shape index (κ3) is 2.51. The van der Waals surface area contributed by atoms with E-state index in [1.807, 2.05) is 24.3 Å². The lowest BCUT2D eigenvalue weighted by atomic mass is 10.2. The Morgan fingerprint density at radius 1 is 1.31 bits per heavy atom. The smallest absolute Gasteiger partial charge is 0.145 e. The van der Waals surface area contributed by atoms with Gasteiger partial charge in [-0.2, -0.15) is 0 Å². The summed E-state index contributed by atoms with van der Waals surface area (Å²) in [5.41, 5.74) is 0.877. The van der Waals surface area contributed by atoms with E-state index >= 15 is 0 Å². The van der Waals surface area contributed by atoms with E-state index < -0.39 is 0 Å². The number of para-hydroxylation sites is 1. The van der Waals surface area contributed by atoms with Gasteiger partial charge in [-0.25, -0.2) is 0 Å². The lowest BCUT2D eigenvalue weighted by Gasteiger charge is -2.08. The van der Waals surface area contributed by atoms with E-state index in [9.17, 15) is 0 Å². The van der Waals surface area contributed by atoms with Gasteiger partial charge in [0, 0.05) is 23.2 Å². The zero-order valence-electron chi connectivity index (χ0n) is 8.94. The fourth-order valence-electron chi connectivity index (χ4n) is 1.46. The molecule has 0 spiro atoms. The lowest BCUT2D eigenvalue weighted by molar-refractivity contribution is 0.147. The molecule has 0 unspecified atom stereocenters. The van der Waals surface area contributed by atoms with Crippen molar-refractivity contribution in [2.45, 2.75) is 0 Å². The number of halogens is 1. The highest BCUT2D eigenvalue weighted by Gasteiger charge is 2.03. The van der Waals surface area contributed by atoms with Gasteiger partial charge >= 0.3 is 0 Å². The maximum absolute atomic E-state index is 5.60. The van der Waals surface area contributed by atoms with Crippen molar-refractivity contribution in [1.29, 1.82) is 0 Å². The van der Waals surface area contributed by atoms with E-state index in [-0.39, 0.29) is 0 Å². The fraction of sp³-hybridized carbons (Fsp3) is 0.250. The van der Waals surface area contributed by atoms with Crippen molar-refractivity contribution in [2.75, 3.05) is 20.3 Å². The average Bonchev–Trinajstić information content (AvgIpc) is 2.29. The Balaban J connectivity index is 2.30. The van der Waals surface area contributed by atoms with Crippen molar-refractivity contribution in [1.82, 2.24) is 4.98 Å². The second kappa shape index (κ2) is 5.27. The highest BCUT2D eigenvalue weighted by atomic mass is 79.9. The molecule has 1 heterocycles. The van der Waals surface area contributed by atoms with Crippen LogP contribution in [0.15, 0.2) is 34.9 Å². The fourth-order valence-corrected chi connectivity index (χ4v) is 1.81. The van der Waals surface area contributed by atoms with Crippen molar-refractivity contribution in [3.8, 4) is 5.75 Å². The van der Waals surface area contributed by atoms with Crippen molar-refractivity contribution in [3.05, 3.63) is 34.9 Å². The molecule has 0 radical (unpaired) electrons. The van der Waals surface area contributed by atoms with Crippen LogP contribution in [0.3, 0.4) is 0 Å². The van der Waals surface area contributed by atoms with E-state index in [4.69, 9.17) is 9.47 Å². The van der Waals surface area contributed by atoms with Crippen LogP contribution in [-0.4, -0.2) is 25.3 Å². The molecule has 0 aliphatic carbocycles. The van der Waals surface area contributed by atoms with Gasteiger partial charge in [0.25, 0.3) is 0 Å². The van der Waals surface area contributed by atoms with Crippen molar-refractivity contribution >= 4 is 26.8 Å². The minimum atomic E-state index is 0.535. The molecule has 16 heavy (non-hydrogen) atoms. The molecule has 0 bridgehead atoms. The SMILES string of the molecule is COCCOc1cccc2cc(Br)cnc12. The summed E-state index contributed by atoms with van der Waals surface area (Å²) in [6.07, 6.45) is 1.77. The number of benzene rings is 1. The topological polar surface area (TPSA) is 31.4 Å². The van der Waals surface area contributed by atoms with Gasteiger partial charge in [-0.3, -0.25) is 4.98 Å². The van der Waals surface area contributed by atoms with Crippen LogP contribution >= 0.6 is 15.9 Å². The van der Waals surface area contributed by atoms with Crippen molar-refractivity contribution in [3.63, 3.8) is 0 Å². The first-order valence-corrected chi connectivity index (χ1v) is 5.76. The molecule has 1 aromatic heterocycles. The van der Waals surface area contributed by atoms with Gasteiger partial charge in [-0.05, 0) is 28.1 Å². The standard InChI is InChI=1S/C12H12BrNO2/c1-15-5-6-16-11-4-2-3-9-7-10(13)8-14-12(9)11/h2-4,7-8H,5-6H2,1H3. The number of aromatic nitrogens is 1. The Labute approximate surface area is 103 Å². The van der Waals surface area contributed by atoms with Gasteiger partial charge in [0.15, 0.2) is 0 Å². The summed E-state index contributed by atoms with van der Waals surface area (Å²) in [6.45, 7) is 1.11. The van der Waals surface area contributed by atoms with Crippen molar-refractivity contribution in [2.24, 2.45) is 0 Å². The van der Waals surface area contributed by atoms with Crippen molar-refractivity contribution < 1.29 is 9.47 Å². The van der Waals surface area contributed by atoms with Crippen LogP contribution in [0.1, 0.15) is 0 Å². The summed E-state index contributed by atoms with van der Waals surface area (Å²) in [6, 6.07) is 7.90. The first-order chi connectivity index (χ1) is 7.81. The van der Waals surface area contributed by atoms with Gasteiger partial charge in [0.05, 0.1) is 6.61 Å². The Morgan fingerprint density at radius 2 is 2.19 bits per heavy atom. The third-order valence-electron chi connectivity index (χ3n) is 2.19. The molecular formula is C12H12BrNO2. The van der Waals surface area contributed by atoms with Crippen LogP contribution in [0.2, 0.25) is 0 Å². The molecule has 0 aliphatic heterocycles. The van der Waals surface area contributed by atoms with E-state index in [0.29, 0.717) is 13.2 Å². The lowest BCUT2D eigenvalue weighted by Crippen LogP contribution is -2.04. The van der Waals surface area contributed by atoms with Crippen LogP contribution in [-0.2, 0) is 4.74 Å². The summed E-state index contributed by atoms with van der Waals surface area (Å²) in [5.74, 6) is 0.794. The molecule has 0 fully saturated rings. The van der Waals surface area contributed by atoms with Gasteiger partial charge in [-0.15, -0.1) is 0 Å². The monoisotopic (exact) mass is 281 g/mol. The average molecular weight is 282 g/mol. The molecule has 2 aromatic rings. The number of ether oxygens (including phenoxy) is 2. The molecule has 0 saturated heterocycles. The number of hydrogen-bond donors (Lipinski definition) is 0. The highest BCUT2D eigenvalue weighted by molar-refractivity contribution is 9.10.